The van der Waals surface area contributed by atoms with Crippen molar-refractivity contribution in [1.29, 1.82) is 0 Å². The minimum absolute atomic E-state index is 0.0586. The molecular formula is C22H25N3O4S2. The average molecular weight is 460 g/mol. The summed E-state index contributed by atoms with van der Waals surface area (Å²) in [5.41, 5.74) is 2.63. The normalized spacial score (nSPS) is 14.4. The number of fused-ring (bicyclic) bond motifs is 1. The zero-order valence-electron chi connectivity index (χ0n) is 17.3. The predicted molar refractivity (Wildman–Crippen MR) is 122 cm³/mol. The van der Waals surface area contributed by atoms with Gasteiger partial charge in [-0.2, -0.15) is 0 Å². The van der Waals surface area contributed by atoms with Gasteiger partial charge in [0.05, 0.1) is 15.1 Å². The number of likely N-dealkylation sites (tertiary alicyclic amines) is 1. The summed E-state index contributed by atoms with van der Waals surface area (Å²) in [6.07, 6.45) is 2.33. The smallest absolute Gasteiger partial charge is 0.308 e. The first-order valence-corrected chi connectivity index (χ1v) is 12.6. The molecule has 1 aliphatic rings. The first-order chi connectivity index (χ1) is 14.8. The number of carbonyl (C=O) groups excluding carboxylic acids is 1. The Bertz CT molecular complexity index is 1250. The first-order valence-electron chi connectivity index (χ1n) is 10.3. The summed E-state index contributed by atoms with van der Waals surface area (Å²) in [4.78, 5) is 26.5. The molecule has 31 heavy (non-hydrogen) atoms. The van der Waals surface area contributed by atoms with Gasteiger partial charge in [0.15, 0.2) is 0 Å². The number of sulfonamides is 1. The largest absolute Gasteiger partial charge is 0.343 e. The lowest BCUT2D eigenvalue weighted by atomic mass is 10.2. The minimum atomic E-state index is -3.72. The number of hydrogen-bond donors (Lipinski definition) is 1. The number of thiazole rings is 1. The van der Waals surface area contributed by atoms with Crippen LogP contribution in [0.15, 0.2) is 52.2 Å². The van der Waals surface area contributed by atoms with Gasteiger partial charge >= 0.3 is 4.87 Å². The van der Waals surface area contributed by atoms with Crippen molar-refractivity contribution in [2.24, 2.45) is 0 Å². The van der Waals surface area contributed by atoms with E-state index in [1.165, 1.54) is 12.1 Å². The molecule has 3 aromatic rings. The van der Waals surface area contributed by atoms with Crippen LogP contribution in [0, 0.1) is 6.92 Å². The molecule has 0 bridgehead atoms. The first kappa shape index (κ1) is 21.7. The number of hydrogen-bond acceptors (Lipinski definition) is 5. The summed E-state index contributed by atoms with van der Waals surface area (Å²) < 4.78 is 30.2. The van der Waals surface area contributed by atoms with Gasteiger partial charge in [-0.1, -0.05) is 41.2 Å². The SMILES string of the molecule is Cc1ccc(CNS(=O)(=O)c2ccc3c(c2)sc(=O)n3CCC(=O)N2CCCC2)cc1. The van der Waals surface area contributed by atoms with Crippen molar-refractivity contribution in [3.63, 3.8) is 0 Å². The monoisotopic (exact) mass is 459 g/mol. The predicted octanol–water partition coefficient (Wildman–Crippen LogP) is 2.86. The molecule has 164 valence electrons. The Hall–Kier alpha value is -2.49. The summed E-state index contributed by atoms with van der Waals surface area (Å²) in [7, 11) is -3.72. The molecule has 0 aliphatic carbocycles. The molecule has 1 aromatic heterocycles. The van der Waals surface area contributed by atoms with Crippen molar-refractivity contribution >= 4 is 37.5 Å². The van der Waals surface area contributed by atoms with E-state index >= 15 is 0 Å². The lowest BCUT2D eigenvalue weighted by Crippen LogP contribution is -2.29. The number of carbonyl (C=O) groups is 1. The summed E-state index contributed by atoms with van der Waals surface area (Å²) >= 11 is 0.999. The van der Waals surface area contributed by atoms with Gasteiger partial charge in [0.1, 0.15) is 0 Å². The van der Waals surface area contributed by atoms with E-state index in [4.69, 9.17) is 0 Å². The summed E-state index contributed by atoms with van der Waals surface area (Å²) in [5, 5.41) is 0. The highest BCUT2D eigenvalue weighted by Crippen LogP contribution is 2.22. The van der Waals surface area contributed by atoms with Gasteiger partial charge in [-0.3, -0.25) is 14.2 Å². The Morgan fingerprint density at radius 3 is 2.52 bits per heavy atom. The maximum absolute atomic E-state index is 12.7. The van der Waals surface area contributed by atoms with Crippen LogP contribution in [0.5, 0.6) is 0 Å². The third-order valence-electron chi connectivity index (χ3n) is 5.54. The van der Waals surface area contributed by atoms with Crippen LogP contribution in [0.4, 0.5) is 0 Å². The van der Waals surface area contributed by atoms with Crippen molar-refractivity contribution in [3.05, 3.63) is 63.3 Å². The van der Waals surface area contributed by atoms with Crippen molar-refractivity contribution in [1.82, 2.24) is 14.2 Å². The maximum Gasteiger partial charge on any atom is 0.308 e. The topological polar surface area (TPSA) is 88.5 Å². The van der Waals surface area contributed by atoms with Crippen LogP contribution < -0.4 is 9.60 Å². The summed E-state index contributed by atoms with van der Waals surface area (Å²) in [6.45, 7) is 4.04. The fraction of sp³-hybridized carbons (Fsp3) is 0.364. The molecule has 0 spiro atoms. The van der Waals surface area contributed by atoms with E-state index in [0.29, 0.717) is 16.8 Å². The van der Waals surface area contributed by atoms with Gasteiger partial charge in [0.2, 0.25) is 15.9 Å². The van der Waals surface area contributed by atoms with Crippen LogP contribution in [0.3, 0.4) is 0 Å². The van der Waals surface area contributed by atoms with E-state index < -0.39 is 10.0 Å². The molecule has 1 amide bonds. The molecule has 0 unspecified atom stereocenters. The van der Waals surface area contributed by atoms with Crippen molar-refractivity contribution in [3.8, 4) is 0 Å². The molecule has 9 heteroatoms. The van der Waals surface area contributed by atoms with E-state index in [1.807, 2.05) is 36.1 Å². The molecule has 2 aromatic carbocycles. The zero-order chi connectivity index (χ0) is 22.0. The molecular weight excluding hydrogens is 434 g/mol. The fourth-order valence-electron chi connectivity index (χ4n) is 3.73. The van der Waals surface area contributed by atoms with Gasteiger partial charge in [-0.05, 0) is 43.5 Å². The molecule has 2 heterocycles. The van der Waals surface area contributed by atoms with Crippen LogP contribution >= 0.6 is 11.3 Å². The van der Waals surface area contributed by atoms with Crippen molar-refractivity contribution < 1.29 is 13.2 Å². The number of aromatic nitrogens is 1. The number of amides is 1. The number of rotatable bonds is 7. The molecule has 1 fully saturated rings. The second kappa shape index (κ2) is 8.94. The molecule has 0 atom stereocenters. The summed E-state index contributed by atoms with van der Waals surface area (Å²) in [6, 6.07) is 12.3. The average Bonchev–Trinajstić information content (AvgIpc) is 3.39. The lowest BCUT2D eigenvalue weighted by Gasteiger charge is -2.15. The highest BCUT2D eigenvalue weighted by Gasteiger charge is 2.20. The van der Waals surface area contributed by atoms with Crippen LogP contribution in [0.2, 0.25) is 0 Å². The van der Waals surface area contributed by atoms with Crippen LogP contribution in [0.1, 0.15) is 30.4 Å². The third-order valence-corrected chi connectivity index (χ3v) is 7.89. The minimum Gasteiger partial charge on any atom is -0.343 e. The molecule has 0 radical (unpaired) electrons. The van der Waals surface area contributed by atoms with Crippen LogP contribution in [-0.2, 0) is 27.9 Å². The Labute approximate surface area is 185 Å². The molecule has 1 N–H and O–H groups in total. The third kappa shape index (κ3) is 4.89. The zero-order valence-corrected chi connectivity index (χ0v) is 19.0. The van der Waals surface area contributed by atoms with Gasteiger partial charge in [-0.25, -0.2) is 13.1 Å². The van der Waals surface area contributed by atoms with E-state index in [-0.39, 0.29) is 28.6 Å². The Balaban J connectivity index is 1.49. The fourth-order valence-corrected chi connectivity index (χ4v) is 5.80. The molecule has 0 saturated carbocycles. The lowest BCUT2D eigenvalue weighted by molar-refractivity contribution is -0.130. The highest BCUT2D eigenvalue weighted by atomic mass is 32.2. The van der Waals surface area contributed by atoms with Gasteiger partial charge < -0.3 is 4.90 Å². The van der Waals surface area contributed by atoms with E-state index in [1.54, 1.807) is 10.6 Å². The van der Waals surface area contributed by atoms with Crippen LogP contribution in [0.25, 0.3) is 10.2 Å². The molecule has 7 nitrogen and oxygen atoms in total. The van der Waals surface area contributed by atoms with Gasteiger partial charge in [0.25, 0.3) is 0 Å². The van der Waals surface area contributed by atoms with Crippen molar-refractivity contribution in [2.75, 3.05) is 13.1 Å². The number of nitrogens with zero attached hydrogens (tertiary/aromatic N) is 2. The van der Waals surface area contributed by atoms with E-state index in [9.17, 15) is 18.0 Å². The molecule has 1 aliphatic heterocycles. The van der Waals surface area contributed by atoms with Gasteiger partial charge in [0, 0.05) is 32.6 Å². The number of benzene rings is 2. The van der Waals surface area contributed by atoms with Gasteiger partial charge in [-0.15, -0.1) is 0 Å². The van der Waals surface area contributed by atoms with E-state index in [2.05, 4.69) is 4.72 Å². The number of nitrogens with one attached hydrogen (secondary N) is 1. The highest BCUT2D eigenvalue weighted by molar-refractivity contribution is 7.89. The number of aryl methyl sites for hydroxylation is 2. The summed E-state index contributed by atoms with van der Waals surface area (Å²) in [5.74, 6) is 0.0586. The molecule has 4 rings (SSSR count). The second-order valence-electron chi connectivity index (χ2n) is 7.80. The Morgan fingerprint density at radius 1 is 1.10 bits per heavy atom. The van der Waals surface area contributed by atoms with E-state index in [0.717, 1.165) is 48.4 Å². The maximum atomic E-state index is 12.7. The Kier molecular flexibility index (Phi) is 6.27. The Morgan fingerprint density at radius 2 is 1.81 bits per heavy atom. The standard InChI is InChI=1S/C22H25N3O4S2/c1-16-4-6-17(7-5-16)15-23-31(28,29)18-8-9-19-20(14-18)30-22(27)25(19)13-10-21(26)24-11-2-3-12-24/h4-9,14,23H,2-3,10-13,15H2,1H3. The molecule has 1 saturated heterocycles. The van der Waals surface area contributed by atoms with Crippen LogP contribution in [-0.4, -0.2) is 36.9 Å². The van der Waals surface area contributed by atoms with Crippen molar-refractivity contribution in [2.45, 2.75) is 44.2 Å². The quantitative estimate of drug-likeness (QED) is 0.588. The second-order valence-corrected chi connectivity index (χ2v) is 10.6.